The molecule has 0 fully saturated rings. The summed E-state index contributed by atoms with van der Waals surface area (Å²) in [7, 11) is 0. The molecule has 0 unspecified atom stereocenters. The zero-order valence-corrected chi connectivity index (χ0v) is 19.1. The van der Waals surface area contributed by atoms with Gasteiger partial charge in [-0.3, -0.25) is 4.79 Å². The van der Waals surface area contributed by atoms with E-state index in [-0.39, 0.29) is 10.6 Å². The summed E-state index contributed by atoms with van der Waals surface area (Å²) < 4.78 is 6.94. The third-order valence-corrected chi connectivity index (χ3v) is 7.33. The fourth-order valence-electron chi connectivity index (χ4n) is 2.63. The van der Waals surface area contributed by atoms with Gasteiger partial charge in [-0.2, -0.15) is 0 Å². The third kappa shape index (κ3) is 5.31. The van der Waals surface area contributed by atoms with Crippen molar-refractivity contribution in [1.82, 2.24) is 0 Å². The topological polar surface area (TPSA) is 26.3 Å². The number of carbonyl (C=O) groups is 1. The largest absolute Gasteiger partial charge is 0.488 e. The van der Waals surface area contributed by atoms with Gasteiger partial charge in [-0.15, -0.1) is 0 Å². The van der Waals surface area contributed by atoms with Gasteiger partial charge in [0.1, 0.15) is 12.4 Å². The molecule has 0 spiro atoms. The lowest BCUT2D eigenvalue weighted by molar-refractivity contribution is 0.0986. The summed E-state index contributed by atoms with van der Waals surface area (Å²) >= 11 is 10.7. The van der Waals surface area contributed by atoms with Crippen LogP contribution >= 0.6 is 47.8 Å². The van der Waals surface area contributed by atoms with Crippen LogP contribution in [0.15, 0.2) is 83.3 Å². The molecule has 0 aromatic heterocycles. The van der Waals surface area contributed by atoms with Crippen molar-refractivity contribution in [3.63, 3.8) is 0 Å². The Labute approximate surface area is 184 Å². The summed E-state index contributed by atoms with van der Waals surface area (Å²) in [5.74, 6) is 0.565. The minimum atomic E-state index is -0.417. The standard InChI is InChI=1S/C22H17Br3O2/c23-17-12-10-16(11-13-17)20(24)21(25)22(26)18-8-4-5-9-19(18)27-14-15-6-2-1-3-7-15/h1-13,20-21H,14H2/t20-,21+/m0/s1. The van der Waals surface area contributed by atoms with Crippen LogP contribution in [0.5, 0.6) is 5.75 Å². The summed E-state index contributed by atoms with van der Waals surface area (Å²) in [4.78, 5) is 12.5. The molecule has 0 saturated heterocycles. The molecule has 3 aromatic carbocycles. The first-order valence-electron chi connectivity index (χ1n) is 8.40. The van der Waals surface area contributed by atoms with E-state index in [0.29, 0.717) is 17.9 Å². The second-order valence-corrected chi connectivity index (χ2v) is 8.88. The van der Waals surface area contributed by atoms with E-state index in [4.69, 9.17) is 4.74 Å². The van der Waals surface area contributed by atoms with E-state index in [9.17, 15) is 4.79 Å². The van der Waals surface area contributed by atoms with Crippen molar-refractivity contribution in [3.8, 4) is 5.75 Å². The van der Waals surface area contributed by atoms with Gasteiger partial charge in [0.05, 0.1) is 15.2 Å². The molecule has 0 radical (unpaired) electrons. The predicted octanol–water partition coefficient (Wildman–Crippen LogP) is 7.11. The molecule has 0 N–H and O–H groups in total. The Hall–Kier alpha value is -1.43. The number of alkyl halides is 2. The number of hydrogen-bond donors (Lipinski definition) is 0. The van der Waals surface area contributed by atoms with Crippen molar-refractivity contribution in [2.75, 3.05) is 0 Å². The Morgan fingerprint density at radius 2 is 1.48 bits per heavy atom. The first kappa shape index (κ1) is 20.3. The van der Waals surface area contributed by atoms with E-state index in [1.165, 1.54) is 0 Å². The maximum absolute atomic E-state index is 13.1. The van der Waals surface area contributed by atoms with Gasteiger partial charge in [0.2, 0.25) is 0 Å². The average molecular weight is 553 g/mol. The van der Waals surface area contributed by atoms with Crippen LogP contribution in [0.2, 0.25) is 0 Å². The number of halogens is 3. The van der Waals surface area contributed by atoms with Crippen LogP contribution in [-0.2, 0) is 6.61 Å². The number of benzene rings is 3. The fraction of sp³-hybridized carbons (Fsp3) is 0.136. The molecule has 27 heavy (non-hydrogen) atoms. The van der Waals surface area contributed by atoms with E-state index < -0.39 is 4.83 Å². The maximum atomic E-state index is 13.1. The maximum Gasteiger partial charge on any atom is 0.181 e. The van der Waals surface area contributed by atoms with Gasteiger partial charge in [-0.05, 0) is 35.4 Å². The number of Topliss-reactive ketones (excluding diaryl/α,β-unsaturated/α-hetero) is 1. The number of ether oxygens (including phenoxy) is 1. The first-order valence-corrected chi connectivity index (χ1v) is 11.0. The predicted molar refractivity (Wildman–Crippen MR) is 120 cm³/mol. The summed E-state index contributed by atoms with van der Waals surface area (Å²) in [6, 6.07) is 25.2. The van der Waals surface area contributed by atoms with Gasteiger partial charge < -0.3 is 4.74 Å². The zero-order valence-electron chi connectivity index (χ0n) is 14.3. The Balaban J connectivity index is 1.76. The normalized spacial score (nSPS) is 13.0. The Morgan fingerprint density at radius 1 is 0.852 bits per heavy atom. The van der Waals surface area contributed by atoms with Crippen LogP contribution in [-0.4, -0.2) is 10.6 Å². The highest BCUT2D eigenvalue weighted by Gasteiger charge is 2.28. The second kappa shape index (κ2) is 9.67. The van der Waals surface area contributed by atoms with Crippen LogP contribution in [0, 0.1) is 0 Å². The minimum Gasteiger partial charge on any atom is -0.488 e. The molecule has 0 heterocycles. The number of rotatable bonds is 7. The number of hydrogen-bond acceptors (Lipinski definition) is 2. The van der Waals surface area contributed by atoms with E-state index in [2.05, 4.69) is 47.8 Å². The van der Waals surface area contributed by atoms with E-state index in [1.807, 2.05) is 72.8 Å². The highest BCUT2D eigenvalue weighted by molar-refractivity contribution is 9.12. The molecule has 0 aliphatic heterocycles. The molecular formula is C22H17Br3O2. The van der Waals surface area contributed by atoms with Gasteiger partial charge in [-0.1, -0.05) is 102 Å². The molecule has 0 amide bonds. The van der Waals surface area contributed by atoms with E-state index >= 15 is 0 Å². The molecule has 138 valence electrons. The molecule has 2 atom stereocenters. The molecule has 3 aromatic rings. The second-order valence-electron chi connectivity index (χ2n) is 5.99. The monoisotopic (exact) mass is 550 g/mol. The van der Waals surface area contributed by atoms with Crippen molar-refractivity contribution >= 4 is 53.6 Å². The molecule has 3 rings (SSSR count). The third-order valence-electron chi connectivity index (χ3n) is 4.09. The van der Waals surface area contributed by atoms with Crippen molar-refractivity contribution in [3.05, 3.63) is 100 Å². The summed E-state index contributed by atoms with van der Waals surface area (Å²) in [5, 5.41) is 0. The Morgan fingerprint density at radius 3 is 2.19 bits per heavy atom. The summed E-state index contributed by atoms with van der Waals surface area (Å²) in [5.41, 5.74) is 2.65. The molecule has 0 saturated carbocycles. The molecule has 0 aliphatic rings. The lowest BCUT2D eigenvalue weighted by Crippen LogP contribution is -2.20. The van der Waals surface area contributed by atoms with Crippen LogP contribution in [0.1, 0.15) is 26.3 Å². The van der Waals surface area contributed by atoms with Crippen molar-refractivity contribution < 1.29 is 9.53 Å². The molecule has 2 nitrogen and oxygen atoms in total. The van der Waals surface area contributed by atoms with E-state index in [0.717, 1.165) is 15.6 Å². The number of carbonyl (C=O) groups excluding carboxylic acids is 1. The Kier molecular flexibility index (Phi) is 7.27. The van der Waals surface area contributed by atoms with Crippen LogP contribution in [0.4, 0.5) is 0 Å². The van der Waals surface area contributed by atoms with Crippen molar-refractivity contribution in [1.29, 1.82) is 0 Å². The Bertz CT molecular complexity index is 895. The van der Waals surface area contributed by atoms with Crippen molar-refractivity contribution in [2.45, 2.75) is 16.3 Å². The van der Waals surface area contributed by atoms with Crippen LogP contribution in [0.25, 0.3) is 0 Å². The quantitative estimate of drug-likeness (QED) is 0.231. The van der Waals surface area contributed by atoms with Gasteiger partial charge in [-0.25, -0.2) is 0 Å². The SMILES string of the molecule is O=C(c1ccccc1OCc1ccccc1)[C@H](Br)[C@@H](Br)c1ccc(Br)cc1. The molecule has 0 bridgehead atoms. The zero-order chi connectivity index (χ0) is 19.2. The fourth-order valence-corrected chi connectivity index (χ4v) is 3.99. The number of ketones is 1. The summed E-state index contributed by atoms with van der Waals surface area (Å²) in [6.07, 6.45) is 0. The first-order chi connectivity index (χ1) is 13.1. The lowest BCUT2D eigenvalue weighted by atomic mass is 10.0. The highest BCUT2D eigenvalue weighted by atomic mass is 79.9. The van der Waals surface area contributed by atoms with Crippen LogP contribution in [0.3, 0.4) is 0 Å². The molecule has 5 heteroatoms. The summed E-state index contributed by atoms with van der Waals surface area (Å²) in [6.45, 7) is 0.419. The molecular weight excluding hydrogens is 536 g/mol. The average Bonchev–Trinajstić information content (AvgIpc) is 2.72. The highest BCUT2D eigenvalue weighted by Crippen LogP contribution is 2.35. The van der Waals surface area contributed by atoms with Gasteiger partial charge >= 0.3 is 0 Å². The minimum absolute atomic E-state index is 0.0246. The smallest absolute Gasteiger partial charge is 0.181 e. The van der Waals surface area contributed by atoms with Crippen LogP contribution < -0.4 is 4.74 Å². The van der Waals surface area contributed by atoms with E-state index in [1.54, 1.807) is 6.07 Å². The van der Waals surface area contributed by atoms with Gasteiger partial charge in [0.25, 0.3) is 0 Å². The lowest BCUT2D eigenvalue weighted by Gasteiger charge is -2.18. The van der Waals surface area contributed by atoms with Gasteiger partial charge in [0, 0.05) is 4.47 Å². The number of para-hydroxylation sites is 1. The molecule has 0 aliphatic carbocycles. The van der Waals surface area contributed by atoms with Crippen molar-refractivity contribution in [2.24, 2.45) is 0 Å². The van der Waals surface area contributed by atoms with Gasteiger partial charge in [0.15, 0.2) is 5.78 Å².